The fraction of sp³-hybridized carbons (Fsp3) is 0. The predicted molar refractivity (Wildman–Crippen MR) is 54.4 cm³/mol. The maximum atomic E-state index is 10.1. The Bertz CT molecular complexity index is 369. The van der Waals surface area contributed by atoms with Crippen LogP contribution in [0.1, 0.15) is 8.42 Å². The molecule has 0 saturated heterocycles. The van der Waals surface area contributed by atoms with Gasteiger partial charge in [-0.1, -0.05) is 6.07 Å². The van der Waals surface area contributed by atoms with Crippen LogP contribution >= 0.6 is 0 Å². The number of hydrogen-bond acceptors (Lipinski definition) is 3. The number of aromatic hydroxyl groups is 2. The van der Waals surface area contributed by atoms with Gasteiger partial charge in [0.2, 0.25) is 0 Å². The molecule has 0 saturated carbocycles. The fourth-order valence-electron chi connectivity index (χ4n) is 0.812. The third-order valence-corrected chi connectivity index (χ3v) is 1.42. The van der Waals surface area contributed by atoms with E-state index in [1.54, 1.807) is 0 Å². The van der Waals surface area contributed by atoms with Crippen LogP contribution in [0.4, 0.5) is 0 Å². The zero-order chi connectivity index (χ0) is 9.84. The van der Waals surface area contributed by atoms with E-state index in [0.717, 1.165) is 6.08 Å². The van der Waals surface area contributed by atoms with Crippen LogP contribution in [-0.2, 0) is 4.79 Å². The predicted octanol–water partition coefficient (Wildman–Crippen LogP) is 1.04. The second kappa shape index (κ2) is 6.15. The number of carbonyl (C=O) groups is 1. The van der Waals surface area contributed by atoms with Gasteiger partial charge in [-0.2, -0.15) is 0 Å². The first-order valence-corrected chi connectivity index (χ1v) is 3.52. The Morgan fingerprint density at radius 2 is 1.93 bits per heavy atom. The van der Waals surface area contributed by atoms with Crippen molar-refractivity contribution in [2.75, 3.05) is 0 Å². The standard InChI is InChI=1S/C9H8O4.Ba.2H/c10-7-3-1-6(5-8(7)11)2-4-9(12)13;;;/h1-5,10-11H,(H,12,13);;;/q;+2;2*-1/b4-2+;;;. The summed E-state index contributed by atoms with van der Waals surface area (Å²) in [6.45, 7) is 0. The third kappa shape index (κ3) is 4.21. The molecule has 0 unspecified atom stereocenters. The smallest absolute Gasteiger partial charge is 1.00 e. The second-order valence-corrected chi connectivity index (χ2v) is 2.42. The maximum Gasteiger partial charge on any atom is 2.00 e. The monoisotopic (exact) mass is 320 g/mol. The van der Waals surface area contributed by atoms with Crippen molar-refractivity contribution < 1.29 is 23.0 Å². The molecule has 0 fully saturated rings. The Hall–Kier alpha value is -0.399. The number of aliphatic carboxylic acids is 1. The van der Waals surface area contributed by atoms with E-state index >= 15 is 0 Å². The zero-order valence-electron chi connectivity index (χ0n) is 9.34. The van der Waals surface area contributed by atoms with E-state index in [4.69, 9.17) is 15.3 Å². The van der Waals surface area contributed by atoms with Crippen LogP contribution in [0.3, 0.4) is 0 Å². The summed E-state index contributed by atoms with van der Waals surface area (Å²) in [5.74, 6) is -1.56. The van der Waals surface area contributed by atoms with Crippen molar-refractivity contribution in [1.29, 1.82) is 0 Å². The maximum absolute atomic E-state index is 10.1. The molecule has 0 heterocycles. The summed E-state index contributed by atoms with van der Waals surface area (Å²) >= 11 is 0. The number of carboxylic acid groups (broad SMARTS) is 1. The molecule has 3 N–H and O–H groups in total. The van der Waals surface area contributed by atoms with E-state index in [0.29, 0.717) is 5.56 Å². The summed E-state index contributed by atoms with van der Waals surface area (Å²) in [4.78, 5) is 10.1. The number of carboxylic acids is 1. The van der Waals surface area contributed by atoms with Crippen molar-refractivity contribution in [3.63, 3.8) is 0 Å². The van der Waals surface area contributed by atoms with Gasteiger partial charge in [0.05, 0.1) is 0 Å². The molecule has 1 rings (SSSR count). The molecule has 1 aromatic carbocycles. The molecule has 0 aliphatic heterocycles. The summed E-state index contributed by atoms with van der Waals surface area (Å²) < 4.78 is 0. The van der Waals surface area contributed by atoms with Crippen LogP contribution in [0.25, 0.3) is 6.08 Å². The Morgan fingerprint density at radius 3 is 2.43 bits per heavy atom. The summed E-state index contributed by atoms with van der Waals surface area (Å²) in [7, 11) is 0. The van der Waals surface area contributed by atoms with Crippen molar-refractivity contribution in [1.82, 2.24) is 0 Å². The van der Waals surface area contributed by atoms with Gasteiger partial charge in [-0.15, -0.1) is 0 Å². The third-order valence-electron chi connectivity index (χ3n) is 1.42. The summed E-state index contributed by atoms with van der Waals surface area (Å²) in [6.07, 6.45) is 2.27. The average molecular weight is 320 g/mol. The van der Waals surface area contributed by atoms with E-state index in [-0.39, 0.29) is 63.2 Å². The Morgan fingerprint density at radius 1 is 1.29 bits per heavy atom. The van der Waals surface area contributed by atoms with Gasteiger partial charge in [0.25, 0.3) is 0 Å². The molecule has 14 heavy (non-hydrogen) atoms. The molecule has 0 radical (unpaired) electrons. The van der Waals surface area contributed by atoms with Gasteiger partial charge in [-0.25, -0.2) is 4.79 Å². The topological polar surface area (TPSA) is 77.8 Å². The van der Waals surface area contributed by atoms with Crippen LogP contribution in [0.15, 0.2) is 24.3 Å². The van der Waals surface area contributed by atoms with Crippen molar-refractivity contribution in [2.24, 2.45) is 0 Å². The molecule has 4 nitrogen and oxygen atoms in total. The van der Waals surface area contributed by atoms with E-state index in [9.17, 15) is 4.79 Å². The minimum atomic E-state index is -1.06. The quantitative estimate of drug-likeness (QED) is 0.432. The van der Waals surface area contributed by atoms with Crippen LogP contribution in [0.5, 0.6) is 11.5 Å². The fourth-order valence-corrected chi connectivity index (χ4v) is 0.812. The molecule has 0 spiro atoms. The SMILES string of the molecule is O=C(O)/C=C/c1ccc(O)c(O)c1.[Ba+2].[H-].[H-]. The van der Waals surface area contributed by atoms with Gasteiger partial charge >= 0.3 is 54.9 Å². The van der Waals surface area contributed by atoms with Crippen LogP contribution in [-0.4, -0.2) is 70.2 Å². The first kappa shape index (κ1) is 13.6. The molecule has 0 bridgehead atoms. The summed E-state index contributed by atoms with van der Waals surface area (Å²) in [5, 5.41) is 26.3. The van der Waals surface area contributed by atoms with E-state index in [1.165, 1.54) is 24.3 Å². The van der Waals surface area contributed by atoms with Crippen LogP contribution in [0.2, 0.25) is 0 Å². The number of benzene rings is 1. The minimum Gasteiger partial charge on any atom is -1.00 e. The van der Waals surface area contributed by atoms with Gasteiger partial charge < -0.3 is 18.2 Å². The Balaban J connectivity index is -0.000000563. The van der Waals surface area contributed by atoms with Gasteiger partial charge in [0.1, 0.15) is 0 Å². The molecule has 0 amide bonds. The molecule has 0 aliphatic carbocycles. The van der Waals surface area contributed by atoms with Gasteiger partial charge in [0.15, 0.2) is 11.5 Å². The van der Waals surface area contributed by atoms with Crippen molar-refractivity contribution in [2.45, 2.75) is 0 Å². The van der Waals surface area contributed by atoms with Gasteiger partial charge in [-0.3, -0.25) is 0 Å². The largest absolute Gasteiger partial charge is 2.00 e. The molecular weight excluding hydrogens is 309 g/mol. The first-order valence-electron chi connectivity index (χ1n) is 3.52. The second-order valence-electron chi connectivity index (χ2n) is 2.42. The number of phenols is 2. The van der Waals surface area contributed by atoms with Crippen molar-refractivity contribution >= 4 is 60.9 Å². The summed E-state index contributed by atoms with van der Waals surface area (Å²) in [5.41, 5.74) is 0.512. The average Bonchev–Trinajstić information content (AvgIpc) is 2.07. The number of hydrogen-bond donors (Lipinski definition) is 3. The van der Waals surface area contributed by atoms with Crippen molar-refractivity contribution in [3.05, 3.63) is 29.8 Å². The molecule has 5 heteroatoms. The Kier molecular flexibility index (Phi) is 5.98. The Labute approximate surface area is 124 Å². The minimum absolute atomic E-state index is 0. The van der Waals surface area contributed by atoms with Gasteiger partial charge in [-0.05, 0) is 23.8 Å². The molecular formula is C9H10BaO4. The first-order chi connectivity index (χ1) is 6.09. The van der Waals surface area contributed by atoms with Crippen LogP contribution in [0, 0.1) is 0 Å². The molecule has 0 aromatic heterocycles. The van der Waals surface area contributed by atoms with E-state index in [1.807, 2.05) is 0 Å². The number of rotatable bonds is 2. The van der Waals surface area contributed by atoms with Gasteiger partial charge in [0, 0.05) is 6.08 Å². The van der Waals surface area contributed by atoms with Crippen molar-refractivity contribution in [3.8, 4) is 11.5 Å². The van der Waals surface area contributed by atoms with Crippen LogP contribution < -0.4 is 0 Å². The molecule has 72 valence electrons. The normalized spacial score (nSPS) is 9.71. The van der Waals surface area contributed by atoms with E-state index < -0.39 is 5.97 Å². The zero-order valence-corrected chi connectivity index (χ0v) is 11.8. The molecule has 1 aromatic rings. The number of phenolic OH excluding ortho intramolecular Hbond substituents is 2. The molecule has 0 aliphatic rings. The molecule has 0 atom stereocenters. The van der Waals surface area contributed by atoms with E-state index in [2.05, 4.69) is 0 Å². The summed E-state index contributed by atoms with van der Waals surface area (Å²) in [6, 6.07) is 4.06.